The van der Waals surface area contributed by atoms with E-state index in [-0.39, 0.29) is 5.91 Å². The third kappa shape index (κ3) is 3.26. The van der Waals surface area contributed by atoms with E-state index < -0.39 is 6.10 Å². The van der Waals surface area contributed by atoms with Crippen molar-refractivity contribution in [2.45, 2.75) is 18.9 Å². The highest BCUT2D eigenvalue weighted by Crippen LogP contribution is 2.26. The van der Waals surface area contributed by atoms with Crippen molar-refractivity contribution in [1.82, 2.24) is 9.88 Å². The molecular formula is C15H15ClN2O2S. The lowest BCUT2D eigenvalue weighted by Gasteiger charge is -2.29. The average Bonchev–Trinajstić information content (AvgIpc) is 2.96. The van der Waals surface area contributed by atoms with Crippen LogP contribution in [0.2, 0.25) is 5.02 Å². The maximum Gasteiger partial charge on any atom is 0.273 e. The second kappa shape index (κ2) is 6.13. The summed E-state index contributed by atoms with van der Waals surface area (Å²) in [4.78, 5) is 18.5. The number of carbonyl (C=O) groups is 1. The van der Waals surface area contributed by atoms with Crippen molar-refractivity contribution in [1.29, 1.82) is 0 Å². The van der Waals surface area contributed by atoms with Crippen molar-refractivity contribution in [3.05, 3.63) is 40.4 Å². The van der Waals surface area contributed by atoms with Gasteiger partial charge in [-0.2, -0.15) is 0 Å². The van der Waals surface area contributed by atoms with E-state index in [1.807, 2.05) is 18.2 Å². The quantitative estimate of drug-likeness (QED) is 0.924. The molecule has 1 aromatic heterocycles. The van der Waals surface area contributed by atoms with Crippen LogP contribution in [0.1, 0.15) is 23.3 Å². The normalized spacial score (nSPS) is 18.8. The van der Waals surface area contributed by atoms with Crippen molar-refractivity contribution in [2.75, 3.05) is 13.1 Å². The fourth-order valence-electron chi connectivity index (χ4n) is 2.43. The first-order valence-corrected chi connectivity index (χ1v) is 8.08. The Morgan fingerprint density at radius 2 is 2.33 bits per heavy atom. The molecule has 1 N–H and O–H groups in total. The van der Waals surface area contributed by atoms with Gasteiger partial charge in [-0.25, -0.2) is 4.98 Å². The molecule has 1 amide bonds. The van der Waals surface area contributed by atoms with Gasteiger partial charge in [0.05, 0.1) is 6.10 Å². The Morgan fingerprint density at radius 3 is 3.10 bits per heavy atom. The number of benzene rings is 1. The minimum atomic E-state index is -0.422. The van der Waals surface area contributed by atoms with Crippen LogP contribution in [0.3, 0.4) is 0 Å². The first kappa shape index (κ1) is 14.5. The van der Waals surface area contributed by atoms with Gasteiger partial charge in [-0.15, -0.1) is 11.3 Å². The monoisotopic (exact) mass is 322 g/mol. The van der Waals surface area contributed by atoms with Crippen LogP contribution in [0.4, 0.5) is 0 Å². The molecule has 0 aliphatic carbocycles. The van der Waals surface area contributed by atoms with E-state index in [1.54, 1.807) is 16.3 Å². The topological polar surface area (TPSA) is 53.4 Å². The number of aliphatic hydroxyl groups excluding tert-OH is 1. The maximum atomic E-state index is 12.4. The Labute approximate surface area is 132 Å². The van der Waals surface area contributed by atoms with E-state index in [0.29, 0.717) is 23.8 Å². The summed E-state index contributed by atoms with van der Waals surface area (Å²) in [7, 11) is 0. The van der Waals surface area contributed by atoms with Gasteiger partial charge in [-0.1, -0.05) is 23.7 Å². The molecule has 1 atom stereocenters. The highest BCUT2D eigenvalue weighted by atomic mass is 35.5. The van der Waals surface area contributed by atoms with Crippen LogP contribution >= 0.6 is 22.9 Å². The zero-order valence-electron chi connectivity index (χ0n) is 11.3. The van der Waals surface area contributed by atoms with Gasteiger partial charge in [0.15, 0.2) is 0 Å². The van der Waals surface area contributed by atoms with Gasteiger partial charge in [-0.3, -0.25) is 4.79 Å². The van der Waals surface area contributed by atoms with E-state index >= 15 is 0 Å². The third-order valence-electron chi connectivity index (χ3n) is 3.48. The molecular weight excluding hydrogens is 308 g/mol. The predicted molar refractivity (Wildman–Crippen MR) is 83.7 cm³/mol. The molecule has 1 aliphatic heterocycles. The van der Waals surface area contributed by atoms with Crippen LogP contribution in [0.25, 0.3) is 10.6 Å². The van der Waals surface area contributed by atoms with Crippen LogP contribution < -0.4 is 0 Å². The number of likely N-dealkylation sites (tertiary alicyclic amines) is 1. The van der Waals surface area contributed by atoms with Crippen LogP contribution in [-0.4, -0.2) is 40.1 Å². The fraction of sp³-hybridized carbons (Fsp3) is 0.333. The van der Waals surface area contributed by atoms with Crippen LogP contribution in [0, 0.1) is 0 Å². The number of amides is 1. The number of hydrogen-bond acceptors (Lipinski definition) is 4. The van der Waals surface area contributed by atoms with Gasteiger partial charge in [0, 0.05) is 29.1 Å². The summed E-state index contributed by atoms with van der Waals surface area (Å²) < 4.78 is 0. The molecule has 6 heteroatoms. The Morgan fingerprint density at radius 1 is 1.48 bits per heavy atom. The second-order valence-corrected chi connectivity index (χ2v) is 6.39. The van der Waals surface area contributed by atoms with Crippen molar-refractivity contribution in [2.24, 2.45) is 0 Å². The number of halogens is 1. The lowest BCUT2D eigenvalue weighted by molar-refractivity contribution is 0.0469. The molecule has 4 nitrogen and oxygen atoms in total. The highest BCUT2D eigenvalue weighted by Gasteiger charge is 2.24. The summed E-state index contributed by atoms with van der Waals surface area (Å²) in [6.45, 7) is 1.07. The number of rotatable bonds is 2. The van der Waals surface area contributed by atoms with E-state index in [4.69, 9.17) is 11.6 Å². The number of piperidine rings is 1. The Bertz CT molecular complexity index is 659. The summed E-state index contributed by atoms with van der Waals surface area (Å²) in [5.41, 5.74) is 1.34. The van der Waals surface area contributed by atoms with Gasteiger partial charge in [0.2, 0.25) is 0 Å². The number of β-amino-alcohol motifs (C(OH)–C–C–N with tert-alkyl or cyclic N) is 1. The van der Waals surface area contributed by atoms with Crippen molar-refractivity contribution in [3.63, 3.8) is 0 Å². The molecule has 1 aliphatic rings. The number of aliphatic hydroxyl groups is 1. The molecule has 1 unspecified atom stereocenters. The summed E-state index contributed by atoms with van der Waals surface area (Å²) >= 11 is 7.40. The van der Waals surface area contributed by atoms with Gasteiger partial charge >= 0.3 is 0 Å². The number of aromatic nitrogens is 1. The molecule has 0 bridgehead atoms. The second-order valence-electron chi connectivity index (χ2n) is 5.10. The first-order chi connectivity index (χ1) is 10.1. The van der Waals surface area contributed by atoms with E-state index in [0.717, 1.165) is 23.4 Å². The lowest BCUT2D eigenvalue weighted by Crippen LogP contribution is -2.42. The van der Waals surface area contributed by atoms with Crippen LogP contribution in [0.5, 0.6) is 0 Å². The minimum absolute atomic E-state index is 0.113. The zero-order chi connectivity index (χ0) is 14.8. The molecule has 0 spiro atoms. The Kier molecular flexibility index (Phi) is 4.24. The van der Waals surface area contributed by atoms with Crippen LogP contribution in [0.15, 0.2) is 29.6 Å². The molecule has 1 aromatic carbocycles. The smallest absolute Gasteiger partial charge is 0.273 e. The molecule has 2 aromatic rings. The molecule has 1 saturated heterocycles. The van der Waals surface area contributed by atoms with E-state index in [2.05, 4.69) is 4.98 Å². The van der Waals surface area contributed by atoms with Crippen molar-refractivity contribution in [3.8, 4) is 10.6 Å². The molecule has 1 fully saturated rings. The predicted octanol–water partition coefficient (Wildman–Crippen LogP) is 3.06. The minimum Gasteiger partial charge on any atom is -0.391 e. The van der Waals surface area contributed by atoms with Gasteiger partial charge in [-0.05, 0) is 25.0 Å². The molecule has 3 rings (SSSR count). The average molecular weight is 323 g/mol. The van der Waals surface area contributed by atoms with Gasteiger partial charge in [0.25, 0.3) is 5.91 Å². The molecule has 110 valence electrons. The van der Waals surface area contributed by atoms with E-state index in [9.17, 15) is 9.90 Å². The number of nitrogens with zero attached hydrogens (tertiary/aromatic N) is 2. The fourth-order valence-corrected chi connectivity index (χ4v) is 3.41. The summed E-state index contributed by atoms with van der Waals surface area (Å²) in [6.07, 6.45) is 1.17. The van der Waals surface area contributed by atoms with Crippen molar-refractivity contribution < 1.29 is 9.90 Å². The standard InChI is InChI=1S/C15H15ClN2O2S/c16-11-4-1-3-10(7-11)14-17-13(9-21-14)15(20)18-6-2-5-12(19)8-18/h1,3-4,7,9,12,19H,2,5-6,8H2. The lowest BCUT2D eigenvalue weighted by atomic mass is 10.1. The summed E-state index contributed by atoms with van der Waals surface area (Å²) in [6, 6.07) is 7.42. The number of hydrogen-bond donors (Lipinski definition) is 1. The SMILES string of the molecule is O=C(c1csc(-c2cccc(Cl)c2)n1)N1CCCC(O)C1. The largest absolute Gasteiger partial charge is 0.391 e. The molecule has 0 saturated carbocycles. The first-order valence-electron chi connectivity index (χ1n) is 6.82. The van der Waals surface area contributed by atoms with Gasteiger partial charge < -0.3 is 10.0 Å². The van der Waals surface area contributed by atoms with Gasteiger partial charge in [0.1, 0.15) is 10.7 Å². The zero-order valence-corrected chi connectivity index (χ0v) is 12.9. The van der Waals surface area contributed by atoms with Crippen molar-refractivity contribution >= 4 is 28.8 Å². The Hall–Kier alpha value is -1.43. The Balaban J connectivity index is 1.80. The maximum absolute atomic E-state index is 12.4. The molecule has 2 heterocycles. The number of thiazole rings is 1. The van der Waals surface area contributed by atoms with E-state index in [1.165, 1.54) is 11.3 Å². The number of carbonyl (C=O) groups excluding carboxylic acids is 1. The summed E-state index contributed by atoms with van der Waals surface area (Å²) in [5.74, 6) is -0.113. The molecule has 0 radical (unpaired) electrons. The summed E-state index contributed by atoms with van der Waals surface area (Å²) in [5, 5.41) is 12.9. The highest BCUT2D eigenvalue weighted by molar-refractivity contribution is 7.13. The third-order valence-corrected chi connectivity index (χ3v) is 4.61. The van der Waals surface area contributed by atoms with Crippen LogP contribution in [-0.2, 0) is 0 Å². The molecule has 21 heavy (non-hydrogen) atoms.